The van der Waals surface area contributed by atoms with Crippen molar-refractivity contribution in [2.45, 2.75) is 118 Å². The van der Waals surface area contributed by atoms with Gasteiger partial charge in [0.05, 0.1) is 0 Å². The Hall–Kier alpha value is -0.394. The predicted octanol–water partition coefficient (Wildman–Crippen LogP) is 9.60. The van der Waals surface area contributed by atoms with Crippen LogP contribution in [0.2, 0.25) is 31.4 Å². The van der Waals surface area contributed by atoms with E-state index >= 15 is 0 Å². The monoisotopic (exact) mass is 580 g/mol. The molecule has 0 aliphatic carbocycles. The summed E-state index contributed by atoms with van der Waals surface area (Å²) in [5, 5.41) is 0.212. The number of benzene rings is 1. The van der Waals surface area contributed by atoms with Gasteiger partial charge in [-0.2, -0.15) is 0 Å². The van der Waals surface area contributed by atoms with Crippen LogP contribution in [0.15, 0.2) is 40.0 Å². The van der Waals surface area contributed by atoms with Crippen molar-refractivity contribution in [1.29, 1.82) is 0 Å². The minimum absolute atomic E-state index is 0.198. The average Bonchev–Trinajstić information content (AvgIpc) is 2.78. The zero-order valence-electron chi connectivity index (χ0n) is 23.1. The van der Waals surface area contributed by atoms with Gasteiger partial charge in [0, 0.05) is 0 Å². The van der Waals surface area contributed by atoms with Gasteiger partial charge >= 0.3 is 212 Å². The molecule has 0 unspecified atom stereocenters. The molecule has 0 saturated carbocycles. The van der Waals surface area contributed by atoms with Gasteiger partial charge in [-0.3, -0.25) is 0 Å². The van der Waals surface area contributed by atoms with Crippen LogP contribution >= 0.6 is 0 Å². The summed E-state index contributed by atoms with van der Waals surface area (Å²) in [5.41, 5.74) is 0.821. The molecule has 0 radical (unpaired) electrons. The number of hydrogen-bond acceptors (Lipinski definition) is 2. The van der Waals surface area contributed by atoms with E-state index in [4.69, 9.17) is 4.43 Å². The van der Waals surface area contributed by atoms with Crippen molar-refractivity contribution in [3.63, 3.8) is 0 Å². The Morgan fingerprint density at radius 1 is 0.909 bits per heavy atom. The predicted molar refractivity (Wildman–Crippen MR) is 152 cm³/mol. The van der Waals surface area contributed by atoms with Crippen LogP contribution < -0.4 is 0 Å². The van der Waals surface area contributed by atoms with Crippen LogP contribution in [0.5, 0.6) is 0 Å². The number of carbonyl (C=O) groups is 1. The van der Waals surface area contributed by atoms with Crippen LogP contribution in [0.1, 0.15) is 96.8 Å². The molecular weight excluding hydrogens is 527 g/mol. The third-order valence-corrected chi connectivity index (χ3v) is 28.5. The van der Waals surface area contributed by atoms with Crippen molar-refractivity contribution in [3.8, 4) is 0 Å². The van der Waals surface area contributed by atoms with E-state index in [0.29, 0.717) is 0 Å². The molecule has 0 aliphatic rings. The molecule has 0 aliphatic heterocycles. The van der Waals surface area contributed by atoms with Gasteiger partial charge in [0.2, 0.25) is 0 Å². The Morgan fingerprint density at radius 3 is 1.82 bits per heavy atom. The average molecular weight is 580 g/mol. The molecule has 0 heterocycles. The normalized spacial score (nSPS) is 13.4. The first-order chi connectivity index (χ1) is 15.5. The Kier molecular flexibility index (Phi) is 13.8. The van der Waals surface area contributed by atoms with E-state index < -0.39 is 26.7 Å². The Labute approximate surface area is 211 Å². The molecule has 0 atom stereocenters. The fraction of sp³-hybridized carbons (Fsp3) is 0.690. The molecule has 1 rings (SSSR count). The SMILES string of the molecule is CCC[CH2][Sn]([CH2]CCC)([CH2]CCC)/[C](=C/C(=O)c1ccccc1)CCO[Si](C)(C)C(C)(C)C. The summed E-state index contributed by atoms with van der Waals surface area (Å²) in [5.74, 6) is 0.198. The van der Waals surface area contributed by atoms with Crippen LogP contribution in [-0.2, 0) is 4.43 Å². The number of unbranched alkanes of at least 4 members (excludes halogenated alkanes) is 3. The third kappa shape index (κ3) is 10.0. The molecule has 33 heavy (non-hydrogen) atoms. The Bertz CT molecular complexity index is 697. The van der Waals surface area contributed by atoms with E-state index in [1.54, 1.807) is 3.59 Å². The van der Waals surface area contributed by atoms with E-state index in [1.165, 1.54) is 51.8 Å². The first-order valence-corrected chi connectivity index (χ1v) is 23.9. The van der Waals surface area contributed by atoms with Crippen molar-refractivity contribution >= 4 is 32.5 Å². The maximum absolute atomic E-state index is 13.4. The number of allylic oxidation sites excluding steroid dienone is 1. The summed E-state index contributed by atoms with van der Waals surface area (Å²) in [6.07, 6.45) is 10.7. The molecule has 4 heteroatoms. The first-order valence-electron chi connectivity index (χ1n) is 13.5. The molecule has 0 spiro atoms. The standard InChI is InChI=1S/C17H25O2Si.3C4H9.Sn/c1-17(2,3)20(4,5)19-14-10-9-13-16(18)15-11-7-6-8-12-15;3*1-3-4-2;/h6-8,11-13H,10,14H2,1-5H3;3*1,3-4H2,2H3;. The van der Waals surface area contributed by atoms with Crippen LogP contribution in [-0.4, -0.2) is 39.1 Å². The van der Waals surface area contributed by atoms with Crippen molar-refractivity contribution in [1.82, 2.24) is 0 Å². The third-order valence-electron chi connectivity index (χ3n) is 7.71. The Morgan fingerprint density at radius 2 is 1.39 bits per heavy atom. The van der Waals surface area contributed by atoms with Gasteiger partial charge in [0.1, 0.15) is 0 Å². The fourth-order valence-electron chi connectivity index (χ4n) is 4.37. The van der Waals surface area contributed by atoms with Gasteiger partial charge in [-0.15, -0.1) is 0 Å². The molecule has 2 nitrogen and oxygen atoms in total. The number of carbonyl (C=O) groups excluding carboxylic acids is 1. The number of rotatable bonds is 16. The van der Waals surface area contributed by atoms with Gasteiger partial charge in [0.15, 0.2) is 0 Å². The van der Waals surface area contributed by atoms with Crippen LogP contribution in [0.3, 0.4) is 0 Å². The van der Waals surface area contributed by atoms with Gasteiger partial charge < -0.3 is 0 Å². The summed E-state index contributed by atoms with van der Waals surface area (Å²) in [4.78, 5) is 13.4. The van der Waals surface area contributed by atoms with Gasteiger partial charge in [-0.1, -0.05) is 0 Å². The van der Waals surface area contributed by atoms with Crippen molar-refractivity contribution in [3.05, 3.63) is 45.6 Å². The van der Waals surface area contributed by atoms with E-state index in [0.717, 1.165) is 18.6 Å². The molecule has 188 valence electrons. The second kappa shape index (κ2) is 14.9. The minimum atomic E-state index is -2.70. The van der Waals surface area contributed by atoms with Crippen molar-refractivity contribution < 1.29 is 9.22 Å². The maximum atomic E-state index is 13.4. The van der Waals surface area contributed by atoms with E-state index in [-0.39, 0.29) is 10.8 Å². The van der Waals surface area contributed by atoms with Gasteiger partial charge in [0.25, 0.3) is 0 Å². The summed E-state index contributed by atoms with van der Waals surface area (Å²) in [6.45, 7) is 19.3. The molecule has 0 aromatic heterocycles. The summed E-state index contributed by atoms with van der Waals surface area (Å²) in [7, 11) is -1.80. The molecule has 0 N–H and O–H groups in total. The molecule has 0 bridgehead atoms. The zero-order chi connectivity index (χ0) is 25.0. The second-order valence-corrected chi connectivity index (χ2v) is 29.6. The summed E-state index contributed by atoms with van der Waals surface area (Å²) in [6, 6.07) is 9.86. The van der Waals surface area contributed by atoms with Crippen molar-refractivity contribution in [2.75, 3.05) is 6.61 Å². The molecule has 0 saturated heterocycles. The molecule has 1 aromatic rings. The van der Waals surface area contributed by atoms with Crippen LogP contribution in [0, 0.1) is 0 Å². The topological polar surface area (TPSA) is 26.3 Å². The molecule has 0 fully saturated rings. The van der Waals surface area contributed by atoms with Crippen LogP contribution in [0.4, 0.5) is 0 Å². The van der Waals surface area contributed by atoms with Crippen molar-refractivity contribution in [2.24, 2.45) is 0 Å². The summed E-state index contributed by atoms with van der Waals surface area (Å²) < 4.78 is 12.4. The van der Waals surface area contributed by atoms with E-state index in [2.05, 4.69) is 60.7 Å². The quantitative estimate of drug-likeness (QED) is 0.111. The van der Waals surface area contributed by atoms with E-state index in [9.17, 15) is 4.79 Å². The fourth-order valence-corrected chi connectivity index (χ4v) is 22.2. The summed E-state index contributed by atoms with van der Waals surface area (Å²) >= 11 is -2.70. The van der Waals surface area contributed by atoms with Gasteiger partial charge in [-0.25, -0.2) is 0 Å². The first kappa shape index (κ1) is 30.6. The van der Waals surface area contributed by atoms with Crippen LogP contribution in [0.25, 0.3) is 0 Å². The zero-order valence-corrected chi connectivity index (χ0v) is 26.9. The molecule has 0 amide bonds. The van der Waals surface area contributed by atoms with Gasteiger partial charge in [-0.05, 0) is 0 Å². The van der Waals surface area contributed by atoms with E-state index in [1.807, 2.05) is 30.3 Å². The second-order valence-electron chi connectivity index (χ2n) is 11.3. The Balaban J connectivity index is 3.36. The molecular formula is C29H52O2SiSn. The number of ketones is 1. The number of hydrogen-bond donors (Lipinski definition) is 0. The molecule has 1 aromatic carbocycles.